The highest BCUT2D eigenvalue weighted by Crippen LogP contribution is 2.44. The summed E-state index contributed by atoms with van der Waals surface area (Å²) in [5, 5.41) is 5.21. The van der Waals surface area contributed by atoms with Gasteiger partial charge in [-0.1, -0.05) is 68.8 Å². The largest absolute Gasteiger partial charge is 0.496 e. The topological polar surface area (TPSA) is 112 Å². The maximum Gasteiger partial charge on any atom is 0.407 e. The van der Waals surface area contributed by atoms with Crippen LogP contribution in [0.15, 0.2) is 66.7 Å². The van der Waals surface area contributed by atoms with Crippen molar-refractivity contribution in [2.24, 2.45) is 5.92 Å². The molecule has 0 spiro atoms. The Morgan fingerprint density at radius 3 is 2.20 bits per heavy atom. The Balaban J connectivity index is 1.37. The maximum atomic E-state index is 13.1. The van der Waals surface area contributed by atoms with Crippen LogP contribution in [0.25, 0.3) is 11.1 Å². The first-order valence-electron chi connectivity index (χ1n) is 13.6. The quantitative estimate of drug-likeness (QED) is 0.306. The van der Waals surface area contributed by atoms with Gasteiger partial charge in [-0.3, -0.25) is 4.79 Å². The van der Waals surface area contributed by atoms with E-state index in [1.54, 1.807) is 18.2 Å². The monoisotopic (exact) mass is 560 g/mol. The van der Waals surface area contributed by atoms with Crippen molar-refractivity contribution < 1.29 is 33.3 Å². The number of ether oxygens (including phenoxy) is 4. The van der Waals surface area contributed by atoms with Crippen LogP contribution in [0.5, 0.6) is 11.5 Å². The molecule has 0 heterocycles. The zero-order valence-corrected chi connectivity index (χ0v) is 23.8. The summed E-state index contributed by atoms with van der Waals surface area (Å²) < 4.78 is 22.1. The van der Waals surface area contributed by atoms with Crippen LogP contribution in [0.3, 0.4) is 0 Å². The molecule has 0 radical (unpaired) electrons. The van der Waals surface area contributed by atoms with Gasteiger partial charge in [-0.15, -0.1) is 0 Å². The minimum atomic E-state index is -0.892. The lowest BCUT2D eigenvalue weighted by Crippen LogP contribution is -2.46. The highest BCUT2D eigenvalue weighted by Gasteiger charge is 2.31. The zero-order chi connectivity index (χ0) is 29.4. The van der Waals surface area contributed by atoms with Crippen LogP contribution >= 0.6 is 0 Å². The van der Waals surface area contributed by atoms with E-state index in [0.29, 0.717) is 23.5 Å². The molecule has 9 nitrogen and oxygen atoms in total. The van der Waals surface area contributed by atoms with E-state index in [1.807, 2.05) is 38.1 Å². The Labute approximate surface area is 240 Å². The van der Waals surface area contributed by atoms with Crippen molar-refractivity contribution in [3.05, 3.63) is 83.4 Å². The number of rotatable bonds is 12. The Morgan fingerprint density at radius 1 is 0.927 bits per heavy atom. The van der Waals surface area contributed by atoms with Crippen molar-refractivity contribution in [3.8, 4) is 22.6 Å². The molecule has 1 aliphatic rings. The Kier molecular flexibility index (Phi) is 9.84. The first-order chi connectivity index (χ1) is 19.9. The minimum Gasteiger partial charge on any atom is -0.496 e. The number of hydrogen-bond acceptors (Lipinski definition) is 7. The van der Waals surface area contributed by atoms with Crippen LogP contribution in [0.2, 0.25) is 0 Å². The molecule has 2 N–H and O–H groups in total. The van der Waals surface area contributed by atoms with Gasteiger partial charge in [0.15, 0.2) is 6.61 Å². The summed E-state index contributed by atoms with van der Waals surface area (Å²) in [6.45, 7) is 3.75. The van der Waals surface area contributed by atoms with Gasteiger partial charge in [0.05, 0.1) is 7.11 Å². The third-order valence-corrected chi connectivity index (χ3v) is 7.36. The highest BCUT2D eigenvalue weighted by molar-refractivity contribution is 5.82. The van der Waals surface area contributed by atoms with E-state index in [-0.39, 0.29) is 37.6 Å². The molecule has 0 aromatic heterocycles. The van der Waals surface area contributed by atoms with Gasteiger partial charge >= 0.3 is 12.1 Å². The van der Waals surface area contributed by atoms with Gasteiger partial charge in [0.1, 0.15) is 30.8 Å². The molecular formula is C32H36N2O7. The predicted octanol–water partition coefficient (Wildman–Crippen LogP) is 4.82. The van der Waals surface area contributed by atoms with Crippen LogP contribution in [-0.4, -0.2) is 51.4 Å². The fraction of sp³-hybridized carbons (Fsp3) is 0.344. The van der Waals surface area contributed by atoms with Gasteiger partial charge in [0.2, 0.25) is 0 Å². The molecule has 0 unspecified atom stereocenters. The number of methoxy groups -OCH3 is 1. The van der Waals surface area contributed by atoms with E-state index in [9.17, 15) is 14.4 Å². The highest BCUT2D eigenvalue weighted by atomic mass is 16.6. The third-order valence-electron chi connectivity index (χ3n) is 7.36. The third kappa shape index (κ3) is 6.98. The first kappa shape index (κ1) is 29.5. The Hall–Kier alpha value is -4.53. The van der Waals surface area contributed by atoms with E-state index in [1.165, 1.54) is 14.2 Å². The molecule has 41 heavy (non-hydrogen) atoms. The Bertz CT molecular complexity index is 1340. The fourth-order valence-corrected chi connectivity index (χ4v) is 4.83. The summed E-state index contributed by atoms with van der Waals surface area (Å²) in [7, 11) is 3.02. The molecule has 0 saturated heterocycles. The lowest BCUT2D eigenvalue weighted by Gasteiger charge is -2.23. The zero-order valence-electron chi connectivity index (χ0n) is 23.8. The second-order valence-corrected chi connectivity index (χ2v) is 9.88. The lowest BCUT2D eigenvalue weighted by atomic mass is 9.98. The van der Waals surface area contributed by atoms with Crippen molar-refractivity contribution >= 4 is 18.0 Å². The van der Waals surface area contributed by atoms with Gasteiger partial charge < -0.3 is 29.6 Å². The molecule has 0 fully saturated rings. The van der Waals surface area contributed by atoms with Gasteiger partial charge in [0.25, 0.3) is 5.91 Å². The second kappa shape index (κ2) is 13.7. The maximum absolute atomic E-state index is 13.1. The Morgan fingerprint density at radius 2 is 1.59 bits per heavy atom. The van der Waals surface area contributed by atoms with Crippen molar-refractivity contribution in [2.45, 2.75) is 38.8 Å². The second-order valence-electron chi connectivity index (χ2n) is 9.88. The molecule has 0 bridgehead atoms. The summed E-state index contributed by atoms with van der Waals surface area (Å²) in [6, 6.07) is 20.3. The van der Waals surface area contributed by atoms with E-state index in [2.05, 4.69) is 34.9 Å². The molecule has 0 aliphatic heterocycles. The number of alkyl carbamates (subject to hydrolysis) is 1. The van der Waals surface area contributed by atoms with Gasteiger partial charge in [-0.25, -0.2) is 9.59 Å². The van der Waals surface area contributed by atoms with Crippen LogP contribution in [0.1, 0.15) is 42.9 Å². The average molecular weight is 561 g/mol. The van der Waals surface area contributed by atoms with Crippen molar-refractivity contribution in [2.75, 3.05) is 27.4 Å². The number of carbonyl (C=O) groups excluding carboxylic acids is 3. The normalized spacial score (nSPS) is 13.3. The number of hydrogen-bond donors (Lipinski definition) is 2. The van der Waals surface area contributed by atoms with Gasteiger partial charge in [0, 0.05) is 24.6 Å². The number of benzene rings is 3. The SMILES string of the molecule is CC[C@H](C)[C@H](NC(=O)OCC1c2ccccc2-c2ccccc21)C(=O)OCc1ccc(OCC(=O)NC)cc1OC. The number of amides is 2. The molecule has 4 rings (SSSR count). The predicted molar refractivity (Wildman–Crippen MR) is 154 cm³/mol. The molecular weight excluding hydrogens is 524 g/mol. The first-order valence-corrected chi connectivity index (χ1v) is 13.6. The van der Waals surface area contributed by atoms with Crippen molar-refractivity contribution in [3.63, 3.8) is 0 Å². The van der Waals surface area contributed by atoms with E-state index < -0.39 is 18.1 Å². The average Bonchev–Trinajstić information content (AvgIpc) is 3.33. The lowest BCUT2D eigenvalue weighted by molar-refractivity contribution is -0.148. The number of fused-ring (bicyclic) bond motifs is 3. The smallest absolute Gasteiger partial charge is 0.407 e. The number of likely N-dealkylation sites (N-methyl/N-ethyl adjacent to an activating group) is 1. The van der Waals surface area contributed by atoms with E-state index in [4.69, 9.17) is 18.9 Å². The van der Waals surface area contributed by atoms with Crippen molar-refractivity contribution in [1.29, 1.82) is 0 Å². The molecule has 2 atom stereocenters. The number of nitrogens with one attached hydrogen (secondary N) is 2. The minimum absolute atomic E-state index is 0.0724. The fourth-order valence-electron chi connectivity index (χ4n) is 4.83. The molecule has 216 valence electrons. The molecule has 9 heteroatoms. The molecule has 0 saturated carbocycles. The van der Waals surface area contributed by atoms with Crippen LogP contribution in [-0.2, 0) is 25.7 Å². The summed E-state index contributed by atoms with van der Waals surface area (Å²) in [5.74, 6) is -0.230. The van der Waals surface area contributed by atoms with Gasteiger partial charge in [-0.2, -0.15) is 0 Å². The van der Waals surface area contributed by atoms with Crippen LogP contribution in [0, 0.1) is 5.92 Å². The standard InChI is InChI=1S/C32H36N2O7/c1-5-20(2)30(31(36)40-17-21-14-15-22(16-28(21)38-4)39-19-29(35)33-3)34-32(37)41-18-27-25-12-8-6-10-23(25)24-11-7-9-13-26(24)27/h6-16,20,27,30H,5,17-19H2,1-4H3,(H,33,35)(H,34,37)/t20-,30-/m0/s1. The van der Waals surface area contributed by atoms with Crippen LogP contribution in [0.4, 0.5) is 4.79 Å². The molecule has 3 aromatic carbocycles. The summed E-state index contributed by atoms with van der Waals surface area (Å²) >= 11 is 0. The summed E-state index contributed by atoms with van der Waals surface area (Å²) in [6.07, 6.45) is -0.0336. The van der Waals surface area contributed by atoms with E-state index >= 15 is 0 Å². The van der Waals surface area contributed by atoms with E-state index in [0.717, 1.165) is 22.3 Å². The summed E-state index contributed by atoms with van der Waals surface area (Å²) in [5.41, 5.74) is 5.10. The number of carbonyl (C=O) groups is 3. The van der Waals surface area contributed by atoms with Gasteiger partial charge in [-0.05, 0) is 40.3 Å². The summed E-state index contributed by atoms with van der Waals surface area (Å²) in [4.78, 5) is 37.5. The molecule has 1 aliphatic carbocycles. The van der Waals surface area contributed by atoms with Crippen molar-refractivity contribution in [1.82, 2.24) is 10.6 Å². The number of esters is 1. The van der Waals surface area contributed by atoms with Crippen LogP contribution < -0.4 is 20.1 Å². The molecule has 2 amide bonds. The molecule has 3 aromatic rings.